The summed E-state index contributed by atoms with van der Waals surface area (Å²) in [6.07, 6.45) is 4.90. The molecular weight excluding hydrogens is 250 g/mol. The molecule has 3 nitrogen and oxygen atoms in total. The Balaban J connectivity index is 1.65. The van der Waals surface area contributed by atoms with E-state index in [4.69, 9.17) is 9.15 Å². The van der Waals surface area contributed by atoms with Gasteiger partial charge in [-0.2, -0.15) is 0 Å². The highest BCUT2D eigenvalue weighted by Gasteiger charge is 2.27. The van der Waals surface area contributed by atoms with Crippen LogP contribution in [0.2, 0.25) is 0 Å². The average molecular weight is 271 g/mol. The molecule has 1 aromatic heterocycles. The molecule has 0 bridgehead atoms. The zero-order valence-electron chi connectivity index (χ0n) is 11.8. The fourth-order valence-electron chi connectivity index (χ4n) is 2.88. The third-order valence-corrected chi connectivity index (χ3v) is 3.94. The van der Waals surface area contributed by atoms with Gasteiger partial charge in [0.2, 0.25) is 0 Å². The van der Waals surface area contributed by atoms with Crippen molar-refractivity contribution in [1.29, 1.82) is 0 Å². The van der Waals surface area contributed by atoms with Crippen LogP contribution < -0.4 is 5.32 Å². The van der Waals surface area contributed by atoms with Crippen LogP contribution in [0.1, 0.15) is 29.0 Å². The van der Waals surface area contributed by atoms with Gasteiger partial charge < -0.3 is 14.5 Å². The highest BCUT2D eigenvalue weighted by Crippen LogP contribution is 2.28. The third kappa shape index (κ3) is 3.11. The van der Waals surface area contributed by atoms with Crippen molar-refractivity contribution in [1.82, 2.24) is 5.32 Å². The number of benzene rings is 1. The van der Waals surface area contributed by atoms with Gasteiger partial charge in [-0.3, -0.25) is 0 Å². The van der Waals surface area contributed by atoms with Crippen molar-refractivity contribution >= 4 is 0 Å². The standard InChI is InChI=1S/C17H21NO2/c1-13-3-2-4-14(9-13)11-20-17-10-18-7-5-16(17)15-6-8-19-12-15/h2-4,6,8-9,12,16-18H,5,7,10-11H2,1H3/t16-,17+/m0/s1. The third-order valence-electron chi connectivity index (χ3n) is 3.94. The Morgan fingerprint density at radius 2 is 2.30 bits per heavy atom. The number of rotatable bonds is 4. The number of ether oxygens (including phenoxy) is 1. The van der Waals surface area contributed by atoms with Gasteiger partial charge in [-0.1, -0.05) is 29.8 Å². The first kappa shape index (κ1) is 13.4. The molecule has 20 heavy (non-hydrogen) atoms. The Bertz CT molecular complexity index is 536. The van der Waals surface area contributed by atoms with E-state index < -0.39 is 0 Å². The van der Waals surface area contributed by atoms with Gasteiger partial charge in [-0.15, -0.1) is 0 Å². The van der Waals surface area contributed by atoms with Crippen molar-refractivity contribution in [3.8, 4) is 0 Å². The summed E-state index contributed by atoms with van der Waals surface area (Å²) in [5, 5.41) is 3.42. The fraction of sp³-hybridized carbons (Fsp3) is 0.412. The summed E-state index contributed by atoms with van der Waals surface area (Å²) in [4.78, 5) is 0. The molecule has 2 heterocycles. The monoisotopic (exact) mass is 271 g/mol. The molecule has 2 aromatic rings. The number of hydrogen-bond acceptors (Lipinski definition) is 3. The summed E-state index contributed by atoms with van der Waals surface area (Å²) in [7, 11) is 0. The number of nitrogens with one attached hydrogen (secondary N) is 1. The molecule has 1 saturated heterocycles. The Hall–Kier alpha value is -1.58. The van der Waals surface area contributed by atoms with Crippen LogP contribution in [-0.2, 0) is 11.3 Å². The second kappa shape index (κ2) is 6.25. The molecule has 106 valence electrons. The summed E-state index contributed by atoms with van der Waals surface area (Å²) in [5.41, 5.74) is 3.77. The number of furan rings is 1. The number of hydrogen-bond donors (Lipinski definition) is 1. The SMILES string of the molecule is Cc1cccc(CO[C@@H]2CNCC[C@H]2c2ccoc2)c1. The quantitative estimate of drug-likeness (QED) is 0.927. The lowest BCUT2D eigenvalue weighted by Crippen LogP contribution is -2.40. The highest BCUT2D eigenvalue weighted by molar-refractivity contribution is 5.22. The van der Waals surface area contributed by atoms with Crippen molar-refractivity contribution in [2.24, 2.45) is 0 Å². The fourth-order valence-corrected chi connectivity index (χ4v) is 2.88. The van der Waals surface area contributed by atoms with E-state index in [0.717, 1.165) is 19.5 Å². The van der Waals surface area contributed by atoms with E-state index in [1.165, 1.54) is 16.7 Å². The van der Waals surface area contributed by atoms with E-state index in [1.54, 1.807) is 6.26 Å². The second-order valence-corrected chi connectivity index (χ2v) is 5.49. The lowest BCUT2D eigenvalue weighted by Gasteiger charge is -2.31. The van der Waals surface area contributed by atoms with Crippen LogP contribution in [0.5, 0.6) is 0 Å². The van der Waals surface area contributed by atoms with E-state index in [9.17, 15) is 0 Å². The minimum absolute atomic E-state index is 0.210. The normalized spacial score (nSPS) is 22.9. The van der Waals surface area contributed by atoms with Crippen LogP contribution in [-0.4, -0.2) is 19.2 Å². The minimum Gasteiger partial charge on any atom is -0.472 e. The molecule has 1 aromatic carbocycles. The predicted octanol–water partition coefficient (Wildman–Crippen LogP) is 3.25. The molecule has 0 saturated carbocycles. The van der Waals surface area contributed by atoms with Crippen LogP contribution in [0.25, 0.3) is 0 Å². The van der Waals surface area contributed by atoms with E-state index in [1.807, 2.05) is 6.26 Å². The first-order chi connectivity index (χ1) is 9.83. The molecule has 0 aliphatic carbocycles. The average Bonchev–Trinajstić information content (AvgIpc) is 3.00. The van der Waals surface area contributed by atoms with Gasteiger partial charge in [0.1, 0.15) is 0 Å². The maximum absolute atomic E-state index is 6.16. The molecule has 0 spiro atoms. The summed E-state index contributed by atoms with van der Waals surface area (Å²) < 4.78 is 11.4. The van der Waals surface area contributed by atoms with E-state index in [0.29, 0.717) is 12.5 Å². The lowest BCUT2D eigenvalue weighted by atomic mass is 9.89. The van der Waals surface area contributed by atoms with Gasteiger partial charge in [-0.25, -0.2) is 0 Å². The highest BCUT2D eigenvalue weighted by atomic mass is 16.5. The molecule has 3 rings (SSSR count). The van der Waals surface area contributed by atoms with Gasteiger partial charge in [0.15, 0.2) is 0 Å². The maximum atomic E-state index is 6.16. The van der Waals surface area contributed by atoms with Crippen LogP contribution in [0.15, 0.2) is 47.3 Å². The molecule has 0 amide bonds. The van der Waals surface area contributed by atoms with Crippen LogP contribution in [0.4, 0.5) is 0 Å². The van der Waals surface area contributed by atoms with Crippen LogP contribution >= 0.6 is 0 Å². The van der Waals surface area contributed by atoms with E-state index in [-0.39, 0.29) is 6.10 Å². The Morgan fingerprint density at radius 1 is 1.35 bits per heavy atom. The summed E-state index contributed by atoms with van der Waals surface area (Å²) in [5.74, 6) is 0.430. The van der Waals surface area contributed by atoms with Crippen molar-refractivity contribution < 1.29 is 9.15 Å². The Morgan fingerprint density at radius 3 is 3.10 bits per heavy atom. The van der Waals surface area contributed by atoms with Gasteiger partial charge in [0.25, 0.3) is 0 Å². The molecule has 3 heteroatoms. The molecule has 0 unspecified atom stereocenters. The largest absolute Gasteiger partial charge is 0.472 e. The van der Waals surface area contributed by atoms with Crippen molar-refractivity contribution in [2.75, 3.05) is 13.1 Å². The molecule has 1 aliphatic heterocycles. The second-order valence-electron chi connectivity index (χ2n) is 5.49. The smallest absolute Gasteiger partial charge is 0.0938 e. The molecule has 1 N–H and O–H groups in total. The van der Waals surface area contributed by atoms with Gasteiger partial charge in [0.05, 0.1) is 25.2 Å². The Labute approximate surface area is 119 Å². The molecular formula is C17H21NO2. The summed E-state index contributed by atoms with van der Waals surface area (Å²) in [6.45, 7) is 4.73. The van der Waals surface area contributed by atoms with Crippen molar-refractivity contribution in [2.45, 2.75) is 32.0 Å². The molecule has 2 atom stereocenters. The lowest BCUT2D eigenvalue weighted by molar-refractivity contribution is 0.0105. The van der Waals surface area contributed by atoms with E-state index >= 15 is 0 Å². The first-order valence-corrected chi connectivity index (χ1v) is 7.23. The maximum Gasteiger partial charge on any atom is 0.0938 e. The minimum atomic E-state index is 0.210. The van der Waals surface area contributed by atoms with Crippen LogP contribution in [0.3, 0.4) is 0 Å². The number of piperidine rings is 1. The molecule has 1 aliphatic rings. The molecule has 1 fully saturated rings. The van der Waals surface area contributed by atoms with E-state index in [2.05, 4.69) is 42.6 Å². The summed E-state index contributed by atoms with van der Waals surface area (Å²) >= 11 is 0. The summed E-state index contributed by atoms with van der Waals surface area (Å²) in [6, 6.07) is 10.6. The molecule has 0 radical (unpaired) electrons. The van der Waals surface area contributed by atoms with Crippen LogP contribution in [0, 0.1) is 6.92 Å². The topological polar surface area (TPSA) is 34.4 Å². The van der Waals surface area contributed by atoms with Crippen molar-refractivity contribution in [3.63, 3.8) is 0 Å². The Kier molecular flexibility index (Phi) is 4.19. The van der Waals surface area contributed by atoms with Gasteiger partial charge in [0, 0.05) is 12.5 Å². The number of aryl methyl sites for hydroxylation is 1. The van der Waals surface area contributed by atoms with Crippen molar-refractivity contribution in [3.05, 3.63) is 59.5 Å². The zero-order chi connectivity index (χ0) is 13.8. The van der Waals surface area contributed by atoms with Gasteiger partial charge >= 0.3 is 0 Å². The predicted molar refractivity (Wildman–Crippen MR) is 78.7 cm³/mol. The first-order valence-electron chi connectivity index (χ1n) is 7.23. The zero-order valence-corrected chi connectivity index (χ0v) is 11.8. The van der Waals surface area contributed by atoms with Gasteiger partial charge in [-0.05, 0) is 37.1 Å².